The van der Waals surface area contributed by atoms with Gasteiger partial charge in [0.05, 0.1) is 5.60 Å². The van der Waals surface area contributed by atoms with Gasteiger partial charge in [0.2, 0.25) is 0 Å². The Morgan fingerprint density at radius 3 is 1.62 bits per heavy atom. The molecule has 0 aromatic heterocycles. The second kappa shape index (κ2) is 15.0. The first-order valence-electron chi connectivity index (χ1n) is 14.1. The molecule has 3 atom stereocenters. The van der Waals surface area contributed by atoms with Gasteiger partial charge in [-0.3, -0.25) is 9.59 Å². The van der Waals surface area contributed by atoms with Crippen LogP contribution in [0.25, 0.3) is 0 Å². The van der Waals surface area contributed by atoms with Crippen molar-refractivity contribution in [2.45, 2.75) is 144 Å². The zero-order chi connectivity index (χ0) is 25.9. The van der Waals surface area contributed by atoms with Gasteiger partial charge >= 0.3 is 0 Å². The second-order valence-corrected chi connectivity index (χ2v) is 12.0. The molecule has 1 aliphatic rings. The van der Waals surface area contributed by atoms with E-state index in [1.54, 1.807) is 13.8 Å². The molecule has 1 aliphatic carbocycles. The number of carbonyl (C=O) groups excluding carboxylic acids is 2. The summed E-state index contributed by atoms with van der Waals surface area (Å²) in [6, 6.07) is 0. The lowest BCUT2D eigenvalue weighted by Crippen LogP contribution is -2.27. The van der Waals surface area contributed by atoms with Crippen LogP contribution in [0.4, 0.5) is 0 Å². The van der Waals surface area contributed by atoms with Crippen molar-refractivity contribution in [1.29, 1.82) is 0 Å². The van der Waals surface area contributed by atoms with Crippen LogP contribution in [0.3, 0.4) is 0 Å². The highest BCUT2D eigenvalue weighted by molar-refractivity contribution is 6.24. The number of hydrogen-bond acceptors (Lipinski definition) is 3. The van der Waals surface area contributed by atoms with Gasteiger partial charge in [-0.1, -0.05) is 92.4 Å². The fourth-order valence-electron chi connectivity index (χ4n) is 5.17. The Morgan fingerprint density at radius 1 is 0.706 bits per heavy atom. The predicted octanol–water partition coefficient (Wildman–Crippen LogP) is 8.54. The molecule has 0 radical (unpaired) electrons. The smallest absolute Gasteiger partial charge is 0.185 e. The van der Waals surface area contributed by atoms with Crippen LogP contribution in [0.1, 0.15) is 139 Å². The molecule has 0 aromatic rings. The first kappa shape index (κ1) is 30.8. The summed E-state index contributed by atoms with van der Waals surface area (Å²) in [7, 11) is 0. The van der Waals surface area contributed by atoms with E-state index in [0.29, 0.717) is 47.5 Å². The minimum Gasteiger partial charge on any atom is -0.390 e. The normalized spacial score (nSPS) is 18.6. The Balaban J connectivity index is 2.43. The number of hydrogen-bond donors (Lipinski definition) is 1. The van der Waals surface area contributed by atoms with Crippen molar-refractivity contribution in [1.82, 2.24) is 0 Å². The molecule has 1 N–H and O–H groups in total. The lowest BCUT2D eigenvalue weighted by atomic mass is 9.79. The summed E-state index contributed by atoms with van der Waals surface area (Å²) in [5, 5.41) is 11.0. The molecule has 0 aromatic carbocycles. The number of rotatable bonds is 17. The van der Waals surface area contributed by atoms with Gasteiger partial charge in [-0.05, 0) is 64.2 Å². The Kier molecular flexibility index (Phi) is 13.6. The van der Waals surface area contributed by atoms with Crippen LogP contribution in [0.2, 0.25) is 0 Å². The van der Waals surface area contributed by atoms with Gasteiger partial charge in [-0.2, -0.15) is 0 Å². The molecular formula is C31H54O3. The summed E-state index contributed by atoms with van der Waals surface area (Å²) < 4.78 is 0. The highest BCUT2D eigenvalue weighted by Gasteiger charge is 2.31. The van der Waals surface area contributed by atoms with E-state index in [4.69, 9.17) is 0 Å². The molecule has 0 saturated heterocycles. The monoisotopic (exact) mass is 474 g/mol. The minimum atomic E-state index is -0.803. The van der Waals surface area contributed by atoms with E-state index in [0.717, 1.165) is 37.5 Å². The summed E-state index contributed by atoms with van der Waals surface area (Å²) >= 11 is 0. The molecule has 3 unspecified atom stereocenters. The summed E-state index contributed by atoms with van der Waals surface area (Å²) in [4.78, 5) is 25.6. The highest BCUT2D eigenvalue weighted by Crippen LogP contribution is 2.32. The molecule has 1 rings (SSSR count). The van der Waals surface area contributed by atoms with E-state index >= 15 is 0 Å². The molecule has 0 heterocycles. The number of ketones is 2. The number of allylic oxidation sites excluding steroid dienone is 4. The van der Waals surface area contributed by atoms with Crippen LogP contribution in [0.5, 0.6) is 0 Å². The lowest BCUT2D eigenvalue weighted by molar-refractivity contribution is -0.116. The van der Waals surface area contributed by atoms with Crippen molar-refractivity contribution < 1.29 is 14.7 Å². The maximum Gasteiger partial charge on any atom is 0.185 e. The topological polar surface area (TPSA) is 54.4 Å². The summed E-state index contributed by atoms with van der Waals surface area (Å²) in [5.41, 5.74) is 1.68. The SMILES string of the molecule is CCCC1=C(CCC(C)(O)CCCC(C)CCCC(C)CCCC(C)C)C(=O)C(C)=C(C)C1=O. The number of Topliss-reactive ketones (excluding diaryl/α,β-unsaturated/α-hetero) is 2. The number of aliphatic hydroxyl groups is 1. The first-order chi connectivity index (χ1) is 15.9. The third kappa shape index (κ3) is 10.6. The lowest BCUT2D eigenvalue weighted by Gasteiger charge is -2.27. The average Bonchev–Trinajstić information content (AvgIpc) is 2.75. The standard InChI is InChI=1S/C31H54O3/c1-9-13-27-28(30(33)26(7)25(6)29(27)32)19-21-31(8,34)20-12-18-24(5)17-11-16-23(4)15-10-14-22(2)3/h22-24,34H,9-21H2,1-8H3. The Hall–Kier alpha value is -1.22. The maximum atomic E-state index is 12.9. The van der Waals surface area contributed by atoms with Gasteiger partial charge in [-0.15, -0.1) is 0 Å². The quantitative estimate of drug-likeness (QED) is 0.215. The van der Waals surface area contributed by atoms with E-state index in [2.05, 4.69) is 27.7 Å². The van der Waals surface area contributed by atoms with Crippen molar-refractivity contribution in [3.8, 4) is 0 Å². The molecule has 34 heavy (non-hydrogen) atoms. The molecule has 0 saturated carbocycles. The van der Waals surface area contributed by atoms with E-state index < -0.39 is 5.60 Å². The van der Waals surface area contributed by atoms with Crippen LogP contribution < -0.4 is 0 Å². The maximum absolute atomic E-state index is 12.9. The van der Waals surface area contributed by atoms with Gasteiger partial charge in [0, 0.05) is 22.3 Å². The Morgan fingerprint density at radius 2 is 1.15 bits per heavy atom. The van der Waals surface area contributed by atoms with Crippen LogP contribution in [-0.2, 0) is 9.59 Å². The summed E-state index contributed by atoms with van der Waals surface area (Å²) in [5.74, 6) is 2.36. The zero-order valence-corrected chi connectivity index (χ0v) is 23.7. The second-order valence-electron chi connectivity index (χ2n) is 12.0. The van der Waals surface area contributed by atoms with Crippen molar-refractivity contribution in [2.24, 2.45) is 17.8 Å². The van der Waals surface area contributed by atoms with Gasteiger partial charge < -0.3 is 5.11 Å². The minimum absolute atomic E-state index is 0.00315. The van der Waals surface area contributed by atoms with E-state index in [9.17, 15) is 14.7 Å². The highest BCUT2D eigenvalue weighted by atomic mass is 16.3. The van der Waals surface area contributed by atoms with Gasteiger partial charge in [-0.25, -0.2) is 0 Å². The summed E-state index contributed by atoms with van der Waals surface area (Å²) in [6.45, 7) is 16.8. The van der Waals surface area contributed by atoms with Gasteiger partial charge in [0.15, 0.2) is 11.6 Å². The average molecular weight is 475 g/mol. The van der Waals surface area contributed by atoms with E-state index in [1.165, 1.54) is 38.5 Å². The molecule has 0 spiro atoms. The van der Waals surface area contributed by atoms with Crippen molar-refractivity contribution in [2.75, 3.05) is 0 Å². The number of carbonyl (C=O) groups is 2. The third-order valence-corrected chi connectivity index (χ3v) is 7.85. The molecule has 0 amide bonds. The largest absolute Gasteiger partial charge is 0.390 e. The Labute approximate surface area is 210 Å². The third-order valence-electron chi connectivity index (χ3n) is 7.85. The van der Waals surface area contributed by atoms with E-state index in [-0.39, 0.29) is 11.6 Å². The Bertz CT molecular complexity index is 723. The van der Waals surface area contributed by atoms with Crippen molar-refractivity contribution in [3.63, 3.8) is 0 Å². The van der Waals surface area contributed by atoms with Crippen LogP contribution in [-0.4, -0.2) is 22.3 Å². The zero-order valence-electron chi connectivity index (χ0n) is 23.7. The van der Waals surface area contributed by atoms with Gasteiger partial charge in [0.25, 0.3) is 0 Å². The van der Waals surface area contributed by atoms with E-state index in [1.807, 2.05) is 13.8 Å². The first-order valence-corrected chi connectivity index (χ1v) is 14.1. The van der Waals surface area contributed by atoms with Crippen molar-refractivity contribution in [3.05, 3.63) is 22.3 Å². The molecular weight excluding hydrogens is 420 g/mol. The van der Waals surface area contributed by atoms with Crippen LogP contribution in [0, 0.1) is 17.8 Å². The molecule has 196 valence electrons. The predicted molar refractivity (Wildman–Crippen MR) is 145 cm³/mol. The fourth-order valence-corrected chi connectivity index (χ4v) is 5.17. The molecule has 0 fully saturated rings. The van der Waals surface area contributed by atoms with Crippen molar-refractivity contribution >= 4 is 11.6 Å². The molecule has 0 aliphatic heterocycles. The van der Waals surface area contributed by atoms with Crippen LogP contribution >= 0.6 is 0 Å². The molecule has 3 heteroatoms. The van der Waals surface area contributed by atoms with Gasteiger partial charge in [0.1, 0.15) is 0 Å². The molecule has 3 nitrogen and oxygen atoms in total. The van der Waals surface area contributed by atoms with Crippen LogP contribution in [0.15, 0.2) is 22.3 Å². The summed E-state index contributed by atoms with van der Waals surface area (Å²) in [6.07, 6.45) is 13.3. The molecule has 0 bridgehead atoms. The fraction of sp³-hybridized carbons (Fsp3) is 0.806.